The molecule has 9 heteroatoms. The Morgan fingerprint density at radius 1 is 1.41 bits per heavy atom. The Balaban J connectivity index is 2.11. The zero-order valence-corrected chi connectivity index (χ0v) is 8.91. The normalized spacial score (nSPS) is 11.8. The lowest BCUT2D eigenvalue weighted by Gasteiger charge is -2.09. The van der Waals surface area contributed by atoms with Crippen LogP contribution in [-0.2, 0) is 11.3 Å². The first-order chi connectivity index (χ1) is 8.09. The number of nitrogens with one attached hydrogen (secondary N) is 2. The molecule has 9 nitrogen and oxygen atoms in total. The number of rotatable bonds is 6. The van der Waals surface area contributed by atoms with Crippen molar-refractivity contribution in [1.82, 2.24) is 25.6 Å². The molecule has 1 unspecified atom stereocenters. The Labute approximate surface area is 96.4 Å². The quantitative estimate of drug-likeness (QED) is 0.458. The van der Waals surface area contributed by atoms with Gasteiger partial charge in [-0.1, -0.05) is 5.21 Å². The van der Waals surface area contributed by atoms with E-state index in [4.69, 9.17) is 10.2 Å². The summed E-state index contributed by atoms with van der Waals surface area (Å²) < 4.78 is 1.53. The Morgan fingerprint density at radius 2 is 2.18 bits per heavy atom. The summed E-state index contributed by atoms with van der Waals surface area (Å²) in [6, 6.07) is -0.551. The number of aliphatic hydroxyl groups is 1. The molecule has 2 amide bonds. The van der Waals surface area contributed by atoms with E-state index in [0.717, 1.165) is 0 Å². The van der Waals surface area contributed by atoms with Crippen molar-refractivity contribution in [3.63, 3.8) is 0 Å². The lowest BCUT2D eigenvalue weighted by atomic mass is 10.4. The fraction of sp³-hybridized carbons (Fsp3) is 0.500. The zero-order chi connectivity index (χ0) is 12.7. The molecule has 0 spiro atoms. The number of urea groups is 1. The van der Waals surface area contributed by atoms with Crippen LogP contribution < -0.4 is 10.6 Å². The van der Waals surface area contributed by atoms with Gasteiger partial charge in [0, 0.05) is 12.7 Å². The molecule has 0 fully saturated rings. The highest BCUT2D eigenvalue weighted by Crippen LogP contribution is 1.81. The number of carboxylic acid groups (broad SMARTS) is 1. The predicted octanol–water partition coefficient (Wildman–Crippen LogP) is -1.98. The van der Waals surface area contributed by atoms with E-state index >= 15 is 0 Å². The maximum atomic E-state index is 11.1. The highest BCUT2D eigenvalue weighted by molar-refractivity contribution is 5.76. The molecule has 0 radical (unpaired) electrons. The number of carboxylic acids is 1. The molecule has 0 bridgehead atoms. The summed E-state index contributed by atoms with van der Waals surface area (Å²) in [6.45, 7) is 0.428. The van der Waals surface area contributed by atoms with Crippen LogP contribution in [0.2, 0.25) is 0 Å². The third-order valence-corrected chi connectivity index (χ3v) is 1.84. The maximum absolute atomic E-state index is 11.1. The number of hydrogen-bond acceptors (Lipinski definition) is 5. The van der Waals surface area contributed by atoms with Crippen LogP contribution in [0.1, 0.15) is 0 Å². The van der Waals surface area contributed by atoms with E-state index in [1.54, 1.807) is 6.20 Å². The second kappa shape index (κ2) is 6.43. The third kappa shape index (κ3) is 4.93. The maximum Gasteiger partial charge on any atom is 0.334 e. The van der Waals surface area contributed by atoms with Crippen molar-refractivity contribution in [2.45, 2.75) is 12.6 Å². The van der Waals surface area contributed by atoms with E-state index in [-0.39, 0.29) is 6.54 Å². The Morgan fingerprint density at radius 3 is 2.76 bits per heavy atom. The topological polar surface area (TPSA) is 129 Å². The van der Waals surface area contributed by atoms with Crippen molar-refractivity contribution in [3.05, 3.63) is 12.4 Å². The molecule has 0 aliphatic carbocycles. The first kappa shape index (κ1) is 12.9. The minimum Gasteiger partial charge on any atom is -0.479 e. The van der Waals surface area contributed by atoms with Crippen molar-refractivity contribution in [2.75, 3.05) is 13.1 Å². The highest BCUT2D eigenvalue weighted by Gasteiger charge is 2.13. The lowest BCUT2D eigenvalue weighted by molar-refractivity contribution is -0.146. The standard InChI is InChI=1S/C8H13N5O4/c14-6(7(15)16)5-10-8(17)9-1-3-13-4-2-11-12-13/h2,4,6,14H,1,3,5H2,(H,15,16)(H2,9,10,17). The van der Waals surface area contributed by atoms with Crippen molar-refractivity contribution in [2.24, 2.45) is 0 Å². The summed E-state index contributed by atoms with van der Waals surface area (Å²) in [4.78, 5) is 21.4. The zero-order valence-electron chi connectivity index (χ0n) is 8.91. The van der Waals surface area contributed by atoms with Crippen molar-refractivity contribution in [3.8, 4) is 0 Å². The van der Waals surface area contributed by atoms with Gasteiger partial charge in [0.1, 0.15) is 0 Å². The average Bonchev–Trinajstić information content (AvgIpc) is 2.78. The second-order valence-electron chi connectivity index (χ2n) is 3.16. The van der Waals surface area contributed by atoms with Crippen LogP contribution in [-0.4, -0.2) is 56.4 Å². The van der Waals surface area contributed by atoms with Crippen molar-refractivity contribution in [1.29, 1.82) is 0 Å². The van der Waals surface area contributed by atoms with Gasteiger partial charge in [0.05, 0.1) is 19.3 Å². The van der Waals surface area contributed by atoms with Gasteiger partial charge in [0.2, 0.25) is 0 Å². The number of aromatic nitrogens is 3. The first-order valence-electron chi connectivity index (χ1n) is 4.86. The Bertz CT molecular complexity index is 366. The van der Waals surface area contributed by atoms with E-state index in [2.05, 4.69) is 20.9 Å². The summed E-state index contributed by atoms with van der Waals surface area (Å²) in [6.07, 6.45) is 1.56. The van der Waals surface area contributed by atoms with E-state index < -0.39 is 18.1 Å². The number of aliphatic carboxylic acids is 1. The van der Waals surface area contributed by atoms with E-state index in [9.17, 15) is 9.59 Å². The van der Waals surface area contributed by atoms with Gasteiger partial charge in [0.15, 0.2) is 6.10 Å². The molecule has 1 aromatic heterocycles. The second-order valence-corrected chi connectivity index (χ2v) is 3.16. The molecule has 0 aliphatic rings. The molecule has 4 N–H and O–H groups in total. The minimum atomic E-state index is -1.60. The summed E-state index contributed by atoms with van der Waals surface area (Å²) in [5, 5.41) is 29.2. The molecule has 0 aliphatic heterocycles. The smallest absolute Gasteiger partial charge is 0.334 e. The van der Waals surface area contributed by atoms with E-state index in [1.807, 2.05) is 0 Å². The van der Waals surface area contributed by atoms with Crippen LogP contribution in [0, 0.1) is 0 Å². The van der Waals surface area contributed by atoms with Gasteiger partial charge in [-0.3, -0.25) is 4.68 Å². The third-order valence-electron chi connectivity index (χ3n) is 1.84. The van der Waals surface area contributed by atoms with E-state index in [0.29, 0.717) is 13.1 Å². The molecule has 17 heavy (non-hydrogen) atoms. The van der Waals surface area contributed by atoms with Gasteiger partial charge in [0.25, 0.3) is 0 Å². The van der Waals surface area contributed by atoms with Gasteiger partial charge >= 0.3 is 12.0 Å². The molecular weight excluding hydrogens is 230 g/mol. The van der Waals surface area contributed by atoms with Crippen LogP contribution >= 0.6 is 0 Å². The molecule has 0 saturated heterocycles. The molecule has 1 heterocycles. The van der Waals surface area contributed by atoms with Gasteiger partial charge in [-0.25, -0.2) is 9.59 Å². The number of amides is 2. The monoisotopic (exact) mass is 243 g/mol. The number of aliphatic hydroxyl groups excluding tert-OH is 1. The van der Waals surface area contributed by atoms with Gasteiger partial charge in [-0.15, -0.1) is 5.10 Å². The van der Waals surface area contributed by atoms with Crippen LogP contribution in [0.25, 0.3) is 0 Å². The van der Waals surface area contributed by atoms with Crippen molar-refractivity contribution < 1.29 is 19.8 Å². The predicted molar refractivity (Wildman–Crippen MR) is 55.1 cm³/mol. The number of nitrogens with zero attached hydrogens (tertiary/aromatic N) is 3. The highest BCUT2D eigenvalue weighted by atomic mass is 16.4. The van der Waals surface area contributed by atoms with Gasteiger partial charge in [-0.2, -0.15) is 0 Å². The number of carbonyl (C=O) groups is 2. The lowest BCUT2D eigenvalue weighted by Crippen LogP contribution is -2.42. The summed E-state index contributed by atoms with van der Waals surface area (Å²) in [5.41, 5.74) is 0. The summed E-state index contributed by atoms with van der Waals surface area (Å²) in [5.74, 6) is -1.38. The molecule has 0 aromatic carbocycles. The fourth-order valence-electron chi connectivity index (χ4n) is 0.975. The molecule has 94 valence electrons. The molecule has 0 saturated carbocycles. The number of carbonyl (C=O) groups excluding carboxylic acids is 1. The summed E-state index contributed by atoms with van der Waals surface area (Å²) in [7, 11) is 0. The van der Waals surface area contributed by atoms with Gasteiger partial charge < -0.3 is 20.8 Å². The average molecular weight is 243 g/mol. The SMILES string of the molecule is O=C(NCCn1ccnn1)NCC(O)C(=O)O. The Hall–Kier alpha value is -2.16. The Kier molecular flexibility index (Phi) is 4.88. The number of hydrogen-bond donors (Lipinski definition) is 4. The van der Waals surface area contributed by atoms with Crippen LogP contribution in [0.5, 0.6) is 0 Å². The molecule has 1 atom stereocenters. The largest absolute Gasteiger partial charge is 0.479 e. The van der Waals surface area contributed by atoms with Crippen LogP contribution in [0.15, 0.2) is 12.4 Å². The minimum absolute atomic E-state index is 0.318. The molecular formula is C8H13N5O4. The van der Waals surface area contributed by atoms with Crippen LogP contribution in [0.4, 0.5) is 4.79 Å². The van der Waals surface area contributed by atoms with Crippen molar-refractivity contribution >= 4 is 12.0 Å². The molecule has 1 rings (SSSR count). The molecule has 1 aromatic rings. The van der Waals surface area contributed by atoms with E-state index in [1.165, 1.54) is 10.9 Å². The van der Waals surface area contributed by atoms with Crippen LogP contribution in [0.3, 0.4) is 0 Å². The fourth-order valence-corrected chi connectivity index (χ4v) is 0.975. The summed E-state index contributed by atoms with van der Waals surface area (Å²) >= 11 is 0. The first-order valence-corrected chi connectivity index (χ1v) is 4.86. The van der Waals surface area contributed by atoms with Gasteiger partial charge in [-0.05, 0) is 0 Å².